The van der Waals surface area contributed by atoms with Crippen LogP contribution in [0, 0.1) is 0 Å². The number of hydrogen-bond acceptors (Lipinski definition) is 8. The second-order valence-corrected chi connectivity index (χ2v) is 9.75. The first kappa shape index (κ1) is 27.0. The number of amides is 3. The van der Waals surface area contributed by atoms with E-state index < -0.39 is 0 Å². The van der Waals surface area contributed by atoms with Gasteiger partial charge in [-0.05, 0) is 42.3 Å². The van der Waals surface area contributed by atoms with Gasteiger partial charge < -0.3 is 25.4 Å². The highest BCUT2D eigenvalue weighted by molar-refractivity contribution is 8.01. The van der Waals surface area contributed by atoms with Gasteiger partial charge in [0.05, 0.1) is 32.1 Å². The monoisotopic (exact) mass is 528 g/mol. The summed E-state index contributed by atoms with van der Waals surface area (Å²) in [6.45, 7) is 1.91. The van der Waals surface area contributed by atoms with Gasteiger partial charge in [0.2, 0.25) is 17.7 Å². The molecule has 0 saturated heterocycles. The number of anilines is 2. The Morgan fingerprint density at radius 3 is 2.44 bits per heavy atom. The molecule has 0 radical (unpaired) electrons. The Kier molecular flexibility index (Phi) is 10.1. The van der Waals surface area contributed by atoms with Gasteiger partial charge >= 0.3 is 0 Å². The molecule has 3 N–H and O–H groups in total. The predicted octanol–water partition coefficient (Wildman–Crippen LogP) is 3.75. The number of nitrogens with zero attached hydrogens (tertiary/aromatic N) is 1. The summed E-state index contributed by atoms with van der Waals surface area (Å²) in [5, 5.41) is 10.2. The molecule has 3 amide bonds. The van der Waals surface area contributed by atoms with Crippen molar-refractivity contribution in [3.63, 3.8) is 0 Å². The summed E-state index contributed by atoms with van der Waals surface area (Å²) in [5.74, 6) is 1.01. The third kappa shape index (κ3) is 8.58. The van der Waals surface area contributed by atoms with Gasteiger partial charge in [0, 0.05) is 30.2 Å². The van der Waals surface area contributed by atoms with Crippen molar-refractivity contribution >= 4 is 52.2 Å². The van der Waals surface area contributed by atoms with E-state index in [1.807, 2.05) is 23.6 Å². The second kappa shape index (κ2) is 13.5. The lowest BCUT2D eigenvalue weighted by Gasteiger charge is -2.10. The maximum Gasteiger partial charge on any atom is 0.234 e. The number of rotatable bonds is 12. The van der Waals surface area contributed by atoms with E-state index >= 15 is 0 Å². The number of thioether (sulfide) groups is 1. The molecule has 190 valence electrons. The topological polar surface area (TPSA) is 119 Å². The first-order valence-electron chi connectivity index (χ1n) is 11.1. The highest BCUT2D eigenvalue weighted by Gasteiger charge is 2.11. The normalized spacial score (nSPS) is 10.4. The van der Waals surface area contributed by atoms with Gasteiger partial charge in [-0.1, -0.05) is 23.9 Å². The van der Waals surface area contributed by atoms with Crippen LogP contribution < -0.4 is 25.4 Å². The molecule has 0 aliphatic heterocycles. The summed E-state index contributed by atoms with van der Waals surface area (Å²) in [6.07, 6.45) is 0.832. The van der Waals surface area contributed by atoms with Gasteiger partial charge in [-0.3, -0.25) is 14.4 Å². The standard InChI is InChI=1S/C25H28N4O5S2/c1-16(30)27-18-5-4-6-19(12-18)28-24(32)15-36-25-29-20(14-35-25)13-23(31)26-10-9-17-7-8-21(33-2)22(11-17)34-3/h4-8,11-12,14H,9-10,13,15H2,1-3H3,(H,26,31)(H,27,30)(H,28,32). The molecule has 36 heavy (non-hydrogen) atoms. The first-order valence-corrected chi connectivity index (χ1v) is 12.9. The van der Waals surface area contributed by atoms with Crippen molar-refractivity contribution in [3.05, 3.63) is 59.1 Å². The molecular formula is C25H28N4O5S2. The smallest absolute Gasteiger partial charge is 0.234 e. The molecule has 1 heterocycles. The third-order valence-corrected chi connectivity index (χ3v) is 6.92. The molecule has 0 bridgehead atoms. The quantitative estimate of drug-likeness (QED) is 0.306. The van der Waals surface area contributed by atoms with Crippen LogP contribution in [0.25, 0.3) is 0 Å². The molecule has 0 fully saturated rings. The second-order valence-electron chi connectivity index (χ2n) is 7.67. The van der Waals surface area contributed by atoms with E-state index in [2.05, 4.69) is 20.9 Å². The Hall–Kier alpha value is -3.57. The van der Waals surface area contributed by atoms with Crippen LogP contribution in [-0.2, 0) is 27.2 Å². The van der Waals surface area contributed by atoms with Crippen LogP contribution >= 0.6 is 23.1 Å². The fourth-order valence-corrected chi connectivity index (χ4v) is 4.89. The highest BCUT2D eigenvalue weighted by atomic mass is 32.2. The Morgan fingerprint density at radius 1 is 0.972 bits per heavy atom. The van der Waals surface area contributed by atoms with Crippen LogP contribution in [0.3, 0.4) is 0 Å². The number of ether oxygens (including phenoxy) is 2. The van der Waals surface area contributed by atoms with Crippen molar-refractivity contribution in [2.45, 2.75) is 24.1 Å². The number of carbonyl (C=O) groups is 3. The number of methoxy groups -OCH3 is 2. The maximum absolute atomic E-state index is 12.3. The minimum Gasteiger partial charge on any atom is -0.493 e. The van der Waals surface area contributed by atoms with E-state index in [-0.39, 0.29) is 29.9 Å². The van der Waals surface area contributed by atoms with E-state index in [0.29, 0.717) is 45.9 Å². The Bertz CT molecular complexity index is 1210. The fraction of sp³-hybridized carbons (Fsp3) is 0.280. The predicted molar refractivity (Wildman–Crippen MR) is 142 cm³/mol. The molecule has 0 saturated carbocycles. The van der Waals surface area contributed by atoms with Crippen molar-refractivity contribution in [3.8, 4) is 11.5 Å². The van der Waals surface area contributed by atoms with Gasteiger partial charge in [-0.15, -0.1) is 11.3 Å². The van der Waals surface area contributed by atoms with Gasteiger partial charge in [0.25, 0.3) is 0 Å². The molecular weight excluding hydrogens is 500 g/mol. The van der Waals surface area contributed by atoms with E-state index in [1.165, 1.54) is 30.0 Å². The van der Waals surface area contributed by atoms with Crippen LogP contribution in [0.5, 0.6) is 11.5 Å². The summed E-state index contributed by atoms with van der Waals surface area (Å²) in [4.78, 5) is 40.2. The lowest BCUT2D eigenvalue weighted by atomic mass is 10.1. The molecule has 0 aliphatic rings. The molecule has 0 aliphatic carbocycles. The van der Waals surface area contributed by atoms with Crippen LogP contribution in [0.2, 0.25) is 0 Å². The zero-order valence-electron chi connectivity index (χ0n) is 20.3. The fourth-order valence-electron chi connectivity index (χ4n) is 3.25. The van der Waals surface area contributed by atoms with E-state index in [0.717, 1.165) is 5.56 Å². The van der Waals surface area contributed by atoms with E-state index in [1.54, 1.807) is 38.5 Å². The average Bonchev–Trinajstić information content (AvgIpc) is 3.29. The minimum atomic E-state index is -0.190. The molecule has 0 atom stereocenters. The first-order chi connectivity index (χ1) is 17.4. The highest BCUT2D eigenvalue weighted by Crippen LogP contribution is 2.27. The van der Waals surface area contributed by atoms with Crippen LogP contribution in [-0.4, -0.2) is 49.2 Å². The molecule has 2 aromatic carbocycles. The van der Waals surface area contributed by atoms with Gasteiger partial charge in [0.15, 0.2) is 15.8 Å². The van der Waals surface area contributed by atoms with Crippen molar-refractivity contribution in [1.29, 1.82) is 0 Å². The number of benzene rings is 2. The Balaban J connectivity index is 1.40. The van der Waals surface area contributed by atoms with Crippen LogP contribution in [0.1, 0.15) is 18.2 Å². The Morgan fingerprint density at radius 2 is 1.72 bits per heavy atom. The van der Waals surface area contributed by atoms with Crippen molar-refractivity contribution in [2.75, 3.05) is 37.2 Å². The van der Waals surface area contributed by atoms with Crippen molar-refractivity contribution in [1.82, 2.24) is 10.3 Å². The zero-order valence-corrected chi connectivity index (χ0v) is 21.9. The summed E-state index contributed by atoms with van der Waals surface area (Å²) in [7, 11) is 3.18. The van der Waals surface area contributed by atoms with Gasteiger partial charge in [-0.2, -0.15) is 0 Å². The van der Waals surface area contributed by atoms with Gasteiger partial charge in [-0.25, -0.2) is 4.98 Å². The molecule has 9 nitrogen and oxygen atoms in total. The summed E-state index contributed by atoms with van der Waals surface area (Å²) in [5.41, 5.74) is 2.89. The molecule has 3 rings (SSSR count). The van der Waals surface area contributed by atoms with E-state index in [9.17, 15) is 14.4 Å². The largest absolute Gasteiger partial charge is 0.493 e. The molecule has 1 aromatic heterocycles. The summed E-state index contributed by atoms with van der Waals surface area (Å²) >= 11 is 2.70. The minimum absolute atomic E-state index is 0.117. The van der Waals surface area contributed by atoms with Crippen LogP contribution in [0.15, 0.2) is 52.2 Å². The van der Waals surface area contributed by atoms with E-state index in [4.69, 9.17) is 9.47 Å². The average molecular weight is 529 g/mol. The molecule has 0 unspecified atom stereocenters. The number of aromatic nitrogens is 1. The number of hydrogen-bond donors (Lipinski definition) is 3. The zero-order chi connectivity index (χ0) is 25.9. The SMILES string of the molecule is COc1ccc(CCNC(=O)Cc2csc(SCC(=O)Nc3cccc(NC(C)=O)c3)n2)cc1OC. The van der Waals surface area contributed by atoms with Crippen molar-refractivity contribution in [2.24, 2.45) is 0 Å². The maximum atomic E-state index is 12.3. The molecule has 3 aromatic rings. The summed E-state index contributed by atoms with van der Waals surface area (Å²) in [6, 6.07) is 12.6. The lowest BCUT2D eigenvalue weighted by molar-refractivity contribution is -0.120. The number of carbonyl (C=O) groups excluding carboxylic acids is 3. The van der Waals surface area contributed by atoms with Gasteiger partial charge in [0.1, 0.15) is 0 Å². The third-order valence-electron chi connectivity index (χ3n) is 4.85. The lowest BCUT2D eigenvalue weighted by Crippen LogP contribution is -2.27. The Labute approximate surface area is 218 Å². The number of thiazole rings is 1. The summed E-state index contributed by atoms with van der Waals surface area (Å²) < 4.78 is 11.3. The number of nitrogens with one attached hydrogen (secondary N) is 3. The molecule has 0 spiro atoms. The van der Waals surface area contributed by atoms with Crippen molar-refractivity contribution < 1.29 is 23.9 Å². The molecule has 11 heteroatoms. The van der Waals surface area contributed by atoms with Crippen LogP contribution in [0.4, 0.5) is 11.4 Å².